The summed E-state index contributed by atoms with van der Waals surface area (Å²) >= 11 is 0. The first-order valence-electron chi connectivity index (χ1n) is 7.38. The second-order valence-electron chi connectivity index (χ2n) is 6.67. The highest BCUT2D eigenvalue weighted by atomic mass is 16.7. The van der Waals surface area contributed by atoms with Crippen molar-refractivity contribution in [1.29, 1.82) is 0 Å². The topological polar surface area (TPSA) is 50.7 Å². The van der Waals surface area contributed by atoms with E-state index in [4.69, 9.17) is 9.47 Å². The minimum atomic E-state index is 0.239. The fourth-order valence-electron chi connectivity index (χ4n) is 3.24. The molecule has 1 unspecified atom stereocenters. The molecule has 0 amide bonds. The third kappa shape index (κ3) is 2.85. The molecule has 2 aliphatic rings. The van der Waals surface area contributed by atoms with Crippen LogP contribution < -0.4 is 14.8 Å². The Labute approximate surface area is 120 Å². The minimum absolute atomic E-state index is 0.239. The van der Waals surface area contributed by atoms with Crippen LogP contribution in [0.15, 0.2) is 12.1 Å². The van der Waals surface area contributed by atoms with E-state index in [-0.39, 0.29) is 12.5 Å². The lowest BCUT2D eigenvalue weighted by molar-refractivity contribution is 0.174. The van der Waals surface area contributed by atoms with E-state index in [1.54, 1.807) is 6.07 Å². The predicted octanol–water partition coefficient (Wildman–Crippen LogP) is 3.18. The van der Waals surface area contributed by atoms with Crippen molar-refractivity contribution in [2.45, 2.75) is 52.1 Å². The van der Waals surface area contributed by atoms with Crippen molar-refractivity contribution in [2.75, 3.05) is 6.79 Å². The van der Waals surface area contributed by atoms with Crippen LogP contribution in [0.3, 0.4) is 0 Å². The molecule has 4 nitrogen and oxygen atoms in total. The first-order valence-corrected chi connectivity index (χ1v) is 7.38. The quantitative estimate of drug-likeness (QED) is 0.891. The second kappa shape index (κ2) is 5.17. The fraction of sp³-hybridized carbons (Fsp3) is 0.625. The van der Waals surface area contributed by atoms with Gasteiger partial charge in [-0.1, -0.05) is 20.3 Å². The number of fused-ring (bicyclic) bond motifs is 1. The van der Waals surface area contributed by atoms with Crippen LogP contribution in [-0.4, -0.2) is 17.9 Å². The van der Waals surface area contributed by atoms with Gasteiger partial charge < -0.3 is 19.9 Å². The van der Waals surface area contributed by atoms with Gasteiger partial charge in [-0.3, -0.25) is 0 Å². The lowest BCUT2D eigenvalue weighted by atomic mass is 9.75. The highest BCUT2D eigenvalue weighted by Crippen LogP contribution is 2.38. The monoisotopic (exact) mass is 277 g/mol. The van der Waals surface area contributed by atoms with Gasteiger partial charge in [0.25, 0.3) is 0 Å². The Kier molecular flexibility index (Phi) is 3.50. The Hall–Kier alpha value is -1.42. The van der Waals surface area contributed by atoms with Crippen LogP contribution in [0.2, 0.25) is 0 Å². The summed E-state index contributed by atoms with van der Waals surface area (Å²) in [5.74, 6) is 1.63. The number of aromatic hydroxyl groups is 1. The van der Waals surface area contributed by atoms with Gasteiger partial charge >= 0.3 is 0 Å². The van der Waals surface area contributed by atoms with E-state index in [0.717, 1.165) is 11.3 Å². The summed E-state index contributed by atoms with van der Waals surface area (Å²) in [4.78, 5) is 0. The first kappa shape index (κ1) is 13.6. The number of phenolic OH excluding ortho intramolecular Hbond substituents is 1. The van der Waals surface area contributed by atoms with Crippen LogP contribution in [-0.2, 0) is 6.54 Å². The second-order valence-corrected chi connectivity index (χ2v) is 6.67. The predicted molar refractivity (Wildman–Crippen MR) is 77.1 cm³/mol. The summed E-state index contributed by atoms with van der Waals surface area (Å²) in [5.41, 5.74) is 1.30. The summed E-state index contributed by atoms with van der Waals surface area (Å²) in [7, 11) is 0. The van der Waals surface area contributed by atoms with Crippen molar-refractivity contribution in [2.24, 2.45) is 5.41 Å². The van der Waals surface area contributed by atoms with Crippen molar-refractivity contribution in [1.82, 2.24) is 5.32 Å². The molecule has 1 atom stereocenters. The largest absolute Gasteiger partial charge is 0.507 e. The molecule has 1 aromatic carbocycles. The maximum Gasteiger partial charge on any atom is 0.231 e. The molecule has 4 heteroatoms. The molecule has 1 aromatic rings. The lowest BCUT2D eigenvalue weighted by Crippen LogP contribution is -2.36. The van der Waals surface area contributed by atoms with Gasteiger partial charge in [0, 0.05) is 24.2 Å². The number of hydrogen-bond donors (Lipinski definition) is 2. The summed E-state index contributed by atoms with van der Waals surface area (Å²) in [6.07, 6.45) is 4.99. The normalized spacial score (nSPS) is 23.8. The Bertz CT molecular complexity index is 499. The van der Waals surface area contributed by atoms with Gasteiger partial charge in [0.05, 0.1) is 0 Å². The van der Waals surface area contributed by atoms with Gasteiger partial charge in [0.2, 0.25) is 6.79 Å². The van der Waals surface area contributed by atoms with E-state index in [2.05, 4.69) is 19.2 Å². The van der Waals surface area contributed by atoms with Crippen LogP contribution in [0.5, 0.6) is 17.2 Å². The Balaban J connectivity index is 1.64. The molecule has 2 N–H and O–H groups in total. The molecule has 110 valence electrons. The van der Waals surface area contributed by atoms with Crippen molar-refractivity contribution in [3.63, 3.8) is 0 Å². The van der Waals surface area contributed by atoms with Gasteiger partial charge in [0.1, 0.15) is 5.75 Å². The summed E-state index contributed by atoms with van der Waals surface area (Å²) < 4.78 is 10.6. The Morgan fingerprint density at radius 2 is 2.05 bits per heavy atom. The fourth-order valence-corrected chi connectivity index (χ4v) is 3.24. The molecule has 1 heterocycles. The number of benzene rings is 1. The molecule has 20 heavy (non-hydrogen) atoms. The molecule has 0 radical (unpaired) electrons. The smallest absolute Gasteiger partial charge is 0.231 e. The zero-order valence-electron chi connectivity index (χ0n) is 12.2. The minimum Gasteiger partial charge on any atom is -0.507 e. The van der Waals surface area contributed by atoms with Gasteiger partial charge in [-0.25, -0.2) is 0 Å². The van der Waals surface area contributed by atoms with E-state index in [1.807, 2.05) is 6.07 Å². The van der Waals surface area contributed by atoms with Gasteiger partial charge in [-0.15, -0.1) is 0 Å². The molecule has 0 aromatic heterocycles. The molecular weight excluding hydrogens is 254 g/mol. The van der Waals surface area contributed by atoms with Gasteiger partial charge in [0.15, 0.2) is 11.5 Å². The average Bonchev–Trinajstić information content (AvgIpc) is 2.82. The standard InChI is InChI=1S/C16H23NO3/c1-16(2)5-3-4-12(8-16)17-9-11-6-14-15(7-13(11)18)20-10-19-14/h6-7,12,17-18H,3-5,8-10H2,1-2H3. The molecule has 1 aliphatic carbocycles. The van der Waals surface area contributed by atoms with Crippen LogP contribution >= 0.6 is 0 Å². The van der Waals surface area contributed by atoms with Crippen molar-refractivity contribution < 1.29 is 14.6 Å². The van der Waals surface area contributed by atoms with E-state index in [9.17, 15) is 5.11 Å². The van der Waals surface area contributed by atoms with Crippen molar-refractivity contribution >= 4 is 0 Å². The molecule has 3 rings (SSSR count). The maximum absolute atomic E-state index is 10.0. The zero-order chi connectivity index (χ0) is 14.2. The summed E-state index contributed by atoms with van der Waals surface area (Å²) in [6, 6.07) is 4.05. The molecule has 0 saturated heterocycles. The maximum atomic E-state index is 10.0. The van der Waals surface area contributed by atoms with E-state index < -0.39 is 0 Å². The Morgan fingerprint density at radius 3 is 2.80 bits per heavy atom. The molecule has 1 fully saturated rings. The third-order valence-corrected chi connectivity index (χ3v) is 4.36. The van der Waals surface area contributed by atoms with E-state index in [0.29, 0.717) is 23.8 Å². The van der Waals surface area contributed by atoms with Crippen molar-refractivity contribution in [3.8, 4) is 17.2 Å². The van der Waals surface area contributed by atoms with Gasteiger partial charge in [-0.2, -0.15) is 0 Å². The van der Waals surface area contributed by atoms with Crippen LogP contribution in [0.4, 0.5) is 0 Å². The summed E-state index contributed by atoms with van der Waals surface area (Å²) in [6.45, 7) is 5.57. The van der Waals surface area contributed by atoms with Crippen LogP contribution in [0, 0.1) is 5.41 Å². The van der Waals surface area contributed by atoms with Crippen LogP contribution in [0.1, 0.15) is 45.1 Å². The molecule has 0 spiro atoms. The number of rotatable bonds is 3. The number of phenols is 1. The van der Waals surface area contributed by atoms with Crippen molar-refractivity contribution in [3.05, 3.63) is 17.7 Å². The highest BCUT2D eigenvalue weighted by Gasteiger charge is 2.27. The van der Waals surface area contributed by atoms with Crippen LogP contribution in [0.25, 0.3) is 0 Å². The van der Waals surface area contributed by atoms with E-state index in [1.165, 1.54) is 25.7 Å². The first-order chi connectivity index (χ1) is 9.53. The number of hydrogen-bond acceptors (Lipinski definition) is 4. The third-order valence-electron chi connectivity index (χ3n) is 4.36. The average molecular weight is 277 g/mol. The summed E-state index contributed by atoms with van der Waals surface area (Å²) in [5, 5.41) is 13.6. The molecule has 1 aliphatic heterocycles. The highest BCUT2D eigenvalue weighted by molar-refractivity contribution is 5.51. The SMILES string of the molecule is CC1(C)CCCC(NCc2cc3c(cc2O)OCO3)C1. The van der Waals surface area contributed by atoms with E-state index >= 15 is 0 Å². The molecule has 1 saturated carbocycles. The molecule has 0 bridgehead atoms. The number of ether oxygens (including phenoxy) is 2. The molecular formula is C16H23NO3. The van der Waals surface area contributed by atoms with Gasteiger partial charge in [-0.05, 0) is 30.7 Å². The number of nitrogens with one attached hydrogen (secondary N) is 1. The lowest BCUT2D eigenvalue weighted by Gasteiger charge is -2.35. The zero-order valence-corrected chi connectivity index (χ0v) is 12.2. The Morgan fingerprint density at radius 1 is 1.30 bits per heavy atom.